The van der Waals surface area contributed by atoms with Crippen LogP contribution >= 0.6 is 0 Å². The zero-order chi connectivity index (χ0) is 18.6. The van der Waals surface area contributed by atoms with Crippen LogP contribution in [0.4, 0.5) is 5.82 Å². The molecule has 0 aliphatic rings. The first-order chi connectivity index (χ1) is 13.2. The summed E-state index contributed by atoms with van der Waals surface area (Å²) in [4.78, 5) is 4.32. The Morgan fingerprint density at radius 2 is 1.74 bits per heavy atom. The van der Waals surface area contributed by atoms with Crippen molar-refractivity contribution in [2.45, 2.75) is 0 Å². The van der Waals surface area contributed by atoms with Gasteiger partial charge in [0.1, 0.15) is 11.4 Å². The Labute approximate surface area is 156 Å². The van der Waals surface area contributed by atoms with Crippen LogP contribution in [-0.2, 0) is 0 Å². The van der Waals surface area contributed by atoms with Crippen molar-refractivity contribution in [2.24, 2.45) is 0 Å². The van der Waals surface area contributed by atoms with E-state index in [1.54, 1.807) is 18.3 Å². The summed E-state index contributed by atoms with van der Waals surface area (Å²) in [6.07, 6.45) is 1.69. The Kier molecular flexibility index (Phi) is 4.45. The van der Waals surface area contributed by atoms with Gasteiger partial charge >= 0.3 is 0 Å². The Hall–Kier alpha value is -3.80. The smallest absolute Gasteiger partial charge is 0.292 e. The molecule has 0 spiro atoms. The SMILES string of the molecule is N=C(COc1ccnc2ccccc12)[n+]1nc(-c2ccccc2)ccc1N. The van der Waals surface area contributed by atoms with E-state index in [1.807, 2.05) is 60.7 Å². The molecule has 0 aliphatic carbocycles. The summed E-state index contributed by atoms with van der Waals surface area (Å²) in [5.41, 5.74) is 8.57. The van der Waals surface area contributed by atoms with Crippen LogP contribution in [0.25, 0.3) is 22.2 Å². The molecule has 0 atom stereocenters. The molecule has 0 unspecified atom stereocenters. The molecular formula is C21H18N5O+. The maximum Gasteiger partial charge on any atom is 0.292 e. The van der Waals surface area contributed by atoms with Crippen molar-refractivity contribution in [1.82, 2.24) is 10.1 Å². The maximum absolute atomic E-state index is 8.37. The highest BCUT2D eigenvalue weighted by molar-refractivity contribution is 5.85. The highest BCUT2D eigenvalue weighted by Crippen LogP contribution is 2.23. The number of hydrogen-bond donors (Lipinski definition) is 2. The number of nitrogens with two attached hydrogens (primary N) is 1. The summed E-state index contributed by atoms with van der Waals surface area (Å²) in [5, 5.41) is 13.8. The molecule has 6 heteroatoms. The summed E-state index contributed by atoms with van der Waals surface area (Å²) in [7, 11) is 0. The molecule has 0 saturated heterocycles. The van der Waals surface area contributed by atoms with Crippen LogP contribution in [0.15, 0.2) is 79.0 Å². The number of anilines is 1. The number of pyridine rings is 1. The lowest BCUT2D eigenvalue weighted by molar-refractivity contribution is -0.609. The fourth-order valence-corrected chi connectivity index (χ4v) is 2.82. The van der Waals surface area contributed by atoms with Crippen molar-refractivity contribution < 1.29 is 9.42 Å². The average molecular weight is 356 g/mol. The standard InChI is InChI=1S/C21H17N5O/c22-20-11-10-17(15-6-2-1-3-7-15)25-26(20)21(23)14-27-19-12-13-24-18-9-5-4-8-16(18)19/h1-13,22-23H,14H2/p+1. The van der Waals surface area contributed by atoms with Gasteiger partial charge in [0.25, 0.3) is 5.84 Å². The summed E-state index contributed by atoms with van der Waals surface area (Å²) in [5.74, 6) is 1.19. The lowest BCUT2D eigenvalue weighted by atomic mass is 10.1. The molecule has 0 fully saturated rings. The molecule has 2 aromatic heterocycles. The lowest BCUT2D eigenvalue weighted by Gasteiger charge is -2.09. The van der Waals surface area contributed by atoms with Crippen LogP contribution in [0.5, 0.6) is 5.75 Å². The van der Waals surface area contributed by atoms with Gasteiger partial charge in [-0.1, -0.05) is 42.5 Å². The molecule has 0 saturated carbocycles. The van der Waals surface area contributed by atoms with E-state index in [-0.39, 0.29) is 12.4 Å². The number of fused-ring (bicyclic) bond motifs is 1. The van der Waals surface area contributed by atoms with Gasteiger partial charge in [0, 0.05) is 23.2 Å². The number of aromatic nitrogens is 3. The van der Waals surface area contributed by atoms with Gasteiger partial charge in [-0.2, -0.15) is 5.41 Å². The summed E-state index contributed by atoms with van der Waals surface area (Å²) < 4.78 is 7.25. The van der Waals surface area contributed by atoms with Crippen LogP contribution in [-0.4, -0.2) is 22.5 Å². The third-order valence-corrected chi connectivity index (χ3v) is 4.16. The largest absolute Gasteiger partial charge is 0.482 e. The molecule has 0 radical (unpaired) electrons. The molecule has 0 aliphatic heterocycles. The van der Waals surface area contributed by atoms with Crippen molar-refractivity contribution in [3.63, 3.8) is 0 Å². The van der Waals surface area contributed by atoms with Gasteiger partial charge in [0.05, 0.1) is 5.52 Å². The minimum absolute atomic E-state index is 0.0358. The number of para-hydroxylation sites is 1. The second-order valence-corrected chi connectivity index (χ2v) is 5.98. The first-order valence-electron chi connectivity index (χ1n) is 8.51. The van der Waals surface area contributed by atoms with Gasteiger partial charge in [-0.25, -0.2) is 0 Å². The Morgan fingerprint density at radius 3 is 2.59 bits per heavy atom. The number of rotatable bonds is 4. The molecule has 2 aromatic carbocycles. The number of nitrogens with one attached hydrogen (secondary N) is 1. The van der Waals surface area contributed by atoms with Crippen molar-refractivity contribution in [3.8, 4) is 17.0 Å². The third kappa shape index (κ3) is 3.46. The zero-order valence-electron chi connectivity index (χ0n) is 14.5. The molecule has 4 aromatic rings. The summed E-state index contributed by atoms with van der Waals surface area (Å²) in [6, 6.07) is 22.9. The van der Waals surface area contributed by atoms with Gasteiger partial charge in [-0.05, 0) is 24.3 Å². The van der Waals surface area contributed by atoms with Gasteiger partial charge in [0.15, 0.2) is 6.61 Å². The fourth-order valence-electron chi connectivity index (χ4n) is 2.82. The van der Waals surface area contributed by atoms with E-state index in [1.165, 1.54) is 4.68 Å². The minimum atomic E-state index is 0.0358. The average Bonchev–Trinajstić information content (AvgIpc) is 2.73. The quantitative estimate of drug-likeness (QED) is 0.334. The van der Waals surface area contributed by atoms with Crippen LogP contribution < -0.4 is 15.2 Å². The van der Waals surface area contributed by atoms with Gasteiger partial charge < -0.3 is 10.5 Å². The predicted octanol–water partition coefficient (Wildman–Crippen LogP) is 3.07. The third-order valence-electron chi connectivity index (χ3n) is 4.16. The Morgan fingerprint density at radius 1 is 0.963 bits per heavy atom. The second-order valence-electron chi connectivity index (χ2n) is 5.98. The van der Waals surface area contributed by atoms with E-state index in [0.29, 0.717) is 11.6 Å². The van der Waals surface area contributed by atoms with E-state index in [9.17, 15) is 0 Å². The van der Waals surface area contributed by atoms with E-state index in [0.717, 1.165) is 22.2 Å². The van der Waals surface area contributed by atoms with Crippen LogP contribution in [0.1, 0.15) is 0 Å². The molecular weight excluding hydrogens is 338 g/mol. The minimum Gasteiger partial charge on any atom is -0.482 e. The number of ether oxygens (including phenoxy) is 1. The molecule has 2 heterocycles. The Balaban J connectivity index is 1.58. The highest BCUT2D eigenvalue weighted by Gasteiger charge is 2.16. The monoisotopic (exact) mass is 356 g/mol. The molecule has 4 rings (SSSR count). The van der Waals surface area contributed by atoms with Crippen LogP contribution in [0.2, 0.25) is 0 Å². The van der Waals surface area contributed by atoms with Gasteiger partial charge in [0.2, 0.25) is 5.82 Å². The summed E-state index contributed by atoms with van der Waals surface area (Å²) in [6.45, 7) is 0.0358. The number of nitrogen functional groups attached to an aromatic ring is 1. The number of benzene rings is 2. The molecule has 132 valence electrons. The van der Waals surface area contributed by atoms with E-state index >= 15 is 0 Å². The molecule has 3 N–H and O–H groups in total. The number of nitrogens with zero attached hydrogens (tertiary/aromatic N) is 3. The highest BCUT2D eigenvalue weighted by atomic mass is 16.5. The first kappa shape index (κ1) is 16.7. The lowest BCUT2D eigenvalue weighted by Crippen LogP contribution is -2.51. The van der Waals surface area contributed by atoms with Gasteiger partial charge in [-0.3, -0.25) is 4.98 Å². The van der Waals surface area contributed by atoms with Crippen LogP contribution in [0.3, 0.4) is 0 Å². The predicted molar refractivity (Wildman–Crippen MR) is 105 cm³/mol. The van der Waals surface area contributed by atoms with Crippen LogP contribution in [0, 0.1) is 5.41 Å². The normalized spacial score (nSPS) is 10.7. The van der Waals surface area contributed by atoms with Crippen molar-refractivity contribution in [1.29, 1.82) is 5.41 Å². The van der Waals surface area contributed by atoms with E-state index in [4.69, 9.17) is 15.9 Å². The first-order valence-corrected chi connectivity index (χ1v) is 8.51. The molecule has 0 bridgehead atoms. The summed E-state index contributed by atoms with van der Waals surface area (Å²) >= 11 is 0. The molecule has 6 nitrogen and oxygen atoms in total. The molecule has 27 heavy (non-hydrogen) atoms. The van der Waals surface area contributed by atoms with Crippen molar-refractivity contribution >= 4 is 22.6 Å². The maximum atomic E-state index is 8.37. The van der Waals surface area contributed by atoms with Crippen molar-refractivity contribution in [2.75, 3.05) is 12.3 Å². The van der Waals surface area contributed by atoms with E-state index < -0.39 is 0 Å². The topological polar surface area (TPSA) is 88.8 Å². The molecule has 0 amide bonds. The van der Waals surface area contributed by atoms with E-state index in [2.05, 4.69) is 10.1 Å². The zero-order valence-corrected chi connectivity index (χ0v) is 14.5. The number of hydrogen-bond acceptors (Lipinski definition) is 5. The Bertz CT molecular complexity index is 1110. The second kappa shape index (κ2) is 7.21. The van der Waals surface area contributed by atoms with Crippen molar-refractivity contribution in [3.05, 3.63) is 79.0 Å². The fraction of sp³-hybridized carbons (Fsp3) is 0.0476. The van der Waals surface area contributed by atoms with Gasteiger partial charge in [-0.15, -0.1) is 9.78 Å².